The van der Waals surface area contributed by atoms with E-state index in [0.29, 0.717) is 0 Å². The zero-order valence-corrected chi connectivity index (χ0v) is 42.2. The van der Waals surface area contributed by atoms with Crippen LogP contribution >= 0.6 is 0 Å². The first kappa shape index (κ1) is 44.2. The first-order valence-corrected chi connectivity index (χ1v) is 27.0. The number of allylic oxidation sites excluding steroid dienone is 7. The molecule has 0 radical (unpaired) electrons. The highest BCUT2D eigenvalue weighted by Gasteiger charge is 2.30. The molecule has 0 fully saturated rings. The minimum absolute atomic E-state index is 0.119. The van der Waals surface area contributed by atoms with E-state index >= 15 is 0 Å². The maximum atomic E-state index is 5.10. The number of benzene rings is 11. The Morgan fingerprint density at radius 2 is 0.961 bits per heavy atom. The molecule has 358 valence electrons. The molecule has 0 N–H and O–H groups in total. The molecule has 4 aliphatic rings. The van der Waals surface area contributed by atoms with Gasteiger partial charge < -0.3 is 0 Å². The molecular weight excluding hydrogens is 917 g/mol. The van der Waals surface area contributed by atoms with Gasteiger partial charge in [0.2, 0.25) is 0 Å². The number of aliphatic imine (C=N–C) groups is 1. The molecule has 0 saturated heterocycles. The number of rotatable bonds is 7. The standard InChI is InChI=1S/C74H52N2/c1-3-19-50(20-4-1)69-41-42-75-74(76(69)60-23-5-2-6-24-60)59-38-34-53-45-56(37-33-54(53)46-59)70-61-25-11-13-27-63(61)72(64-28-14-12-26-62(64)70)58-39-40-67-68(47-58)73(57-36-32-49-18-8-10-22-52(49)44-57)66-30-16-15-29-65(66)71(67)55-35-31-48-17-7-9-21-51(48)43-55/h1,3,5,7-19,21-37,39-40,42-47,59H,2,4,6,20,38H2. The van der Waals surface area contributed by atoms with E-state index in [9.17, 15) is 0 Å². The zero-order chi connectivity index (χ0) is 50.1. The van der Waals surface area contributed by atoms with Crippen molar-refractivity contribution in [2.45, 2.75) is 32.1 Å². The quantitative estimate of drug-likeness (QED) is 0.115. The molecule has 0 bridgehead atoms. The largest absolute Gasteiger partial charge is 0.291 e. The predicted octanol–water partition coefficient (Wildman–Crippen LogP) is 18.1. The van der Waals surface area contributed by atoms with Gasteiger partial charge in [0.05, 0.1) is 11.9 Å². The number of nitrogens with zero attached hydrogens (tertiary/aromatic N) is 2. The average Bonchev–Trinajstić information content (AvgIpc) is 3.58. The summed E-state index contributed by atoms with van der Waals surface area (Å²) in [5.41, 5.74) is 17.1. The van der Waals surface area contributed by atoms with E-state index in [1.54, 1.807) is 0 Å². The van der Waals surface area contributed by atoms with E-state index in [2.05, 4.69) is 253 Å². The van der Waals surface area contributed by atoms with Crippen LogP contribution in [0.1, 0.15) is 32.1 Å². The van der Waals surface area contributed by atoms with Crippen LogP contribution in [0.2, 0.25) is 0 Å². The van der Waals surface area contributed by atoms with E-state index in [0.717, 1.165) is 43.6 Å². The molecule has 15 rings (SSSR count). The van der Waals surface area contributed by atoms with E-state index < -0.39 is 0 Å². The van der Waals surface area contributed by atoms with Crippen molar-refractivity contribution in [1.82, 2.24) is 4.90 Å². The third kappa shape index (κ3) is 7.36. The molecule has 0 aromatic heterocycles. The summed E-state index contributed by atoms with van der Waals surface area (Å²) in [4.78, 5) is 7.49. The maximum Gasteiger partial charge on any atom is 0.122 e. The lowest BCUT2D eigenvalue weighted by Crippen LogP contribution is -2.39. The fourth-order valence-electron chi connectivity index (χ4n) is 12.9. The van der Waals surface area contributed by atoms with Crippen molar-refractivity contribution in [2.75, 3.05) is 0 Å². The normalized spacial score (nSPS) is 16.2. The van der Waals surface area contributed by atoms with Gasteiger partial charge in [-0.3, -0.25) is 4.90 Å². The van der Waals surface area contributed by atoms with Crippen LogP contribution in [-0.2, 0) is 0 Å². The summed E-state index contributed by atoms with van der Waals surface area (Å²) in [6.45, 7) is 0. The van der Waals surface area contributed by atoms with Gasteiger partial charge in [-0.05, 0) is 188 Å². The highest BCUT2D eigenvalue weighted by molar-refractivity contribution is 6.25. The smallest absolute Gasteiger partial charge is 0.122 e. The molecule has 1 atom stereocenters. The molecule has 1 aliphatic heterocycles. The van der Waals surface area contributed by atoms with Crippen LogP contribution in [0.25, 0.3) is 121 Å². The number of amidine groups is 1. The summed E-state index contributed by atoms with van der Waals surface area (Å²) >= 11 is 0. The molecule has 0 spiro atoms. The second-order valence-electron chi connectivity index (χ2n) is 20.8. The van der Waals surface area contributed by atoms with Crippen LogP contribution in [0.3, 0.4) is 0 Å². The fraction of sp³-hybridized carbons (Fsp3) is 0.0811. The van der Waals surface area contributed by atoms with E-state index in [1.165, 1.54) is 131 Å². The second kappa shape index (κ2) is 18.3. The molecule has 11 aromatic carbocycles. The number of hydrogen-bond acceptors (Lipinski definition) is 2. The van der Waals surface area contributed by atoms with Crippen molar-refractivity contribution >= 4 is 82.6 Å². The topological polar surface area (TPSA) is 15.6 Å². The lowest BCUT2D eigenvalue weighted by atomic mass is 9.82. The maximum absolute atomic E-state index is 5.10. The van der Waals surface area contributed by atoms with Crippen LogP contribution in [-0.4, -0.2) is 10.7 Å². The molecule has 11 aromatic rings. The van der Waals surface area contributed by atoms with Crippen LogP contribution in [0, 0.1) is 5.92 Å². The Hall–Kier alpha value is -9.33. The number of hydrogen-bond donors (Lipinski definition) is 0. The Labute approximate surface area is 442 Å². The number of fused-ring (bicyclic) bond motifs is 7. The van der Waals surface area contributed by atoms with Crippen LogP contribution in [0.5, 0.6) is 0 Å². The summed E-state index contributed by atoms with van der Waals surface area (Å²) in [5.74, 6) is 1.19. The Balaban J connectivity index is 0.898. The lowest BCUT2D eigenvalue weighted by Gasteiger charge is -2.35. The zero-order valence-electron chi connectivity index (χ0n) is 42.2. The van der Waals surface area contributed by atoms with Gasteiger partial charge in [-0.2, -0.15) is 0 Å². The van der Waals surface area contributed by atoms with Crippen molar-refractivity contribution in [3.8, 4) is 44.5 Å². The first-order valence-electron chi connectivity index (χ1n) is 27.0. The SMILES string of the molecule is C1=CN=C(C2C=c3ccc(-c4c5ccccc5c(-c5ccc6c(-c7ccc8ccccc8c7)c7ccccc7c(-c7ccc8ccccc8c7)c6c5)c5ccccc45)cc3=CC2)N(C2=CCCC=C2)C=1C1=CC=CCC1. The Kier molecular flexibility index (Phi) is 10.6. The van der Waals surface area contributed by atoms with Crippen molar-refractivity contribution < 1.29 is 0 Å². The summed E-state index contributed by atoms with van der Waals surface area (Å²) in [6, 6.07) is 73.0. The first-order chi connectivity index (χ1) is 37.7. The minimum Gasteiger partial charge on any atom is -0.291 e. The third-order valence-corrected chi connectivity index (χ3v) is 16.4. The molecular formula is C74H52N2. The van der Waals surface area contributed by atoms with Crippen LogP contribution in [0.15, 0.2) is 264 Å². The summed E-state index contributed by atoms with van der Waals surface area (Å²) in [5, 5.41) is 17.5. The molecule has 3 aliphatic carbocycles. The molecule has 76 heavy (non-hydrogen) atoms. The molecule has 1 unspecified atom stereocenters. The minimum atomic E-state index is 0.119. The molecule has 1 heterocycles. The summed E-state index contributed by atoms with van der Waals surface area (Å²) < 4.78 is 0. The van der Waals surface area contributed by atoms with Gasteiger partial charge in [0.1, 0.15) is 5.84 Å². The Morgan fingerprint density at radius 1 is 0.434 bits per heavy atom. The monoisotopic (exact) mass is 968 g/mol. The summed E-state index contributed by atoms with van der Waals surface area (Å²) in [7, 11) is 0. The Bertz CT molecular complexity index is 4600. The Morgan fingerprint density at radius 3 is 1.54 bits per heavy atom. The third-order valence-electron chi connectivity index (χ3n) is 16.4. The molecule has 2 nitrogen and oxygen atoms in total. The van der Waals surface area contributed by atoms with Gasteiger partial charge in [-0.15, -0.1) is 0 Å². The highest BCUT2D eigenvalue weighted by Crippen LogP contribution is 2.49. The van der Waals surface area contributed by atoms with Crippen molar-refractivity contribution in [3.63, 3.8) is 0 Å². The van der Waals surface area contributed by atoms with E-state index in [4.69, 9.17) is 4.99 Å². The molecule has 0 amide bonds. The highest BCUT2D eigenvalue weighted by atomic mass is 15.2. The van der Waals surface area contributed by atoms with Gasteiger partial charge in [0.15, 0.2) is 0 Å². The average molecular weight is 969 g/mol. The second-order valence-corrected chi connectivity index (χ2v) is 20.8. The van der Waals surface area contributed by atoms with Gasteiger partial charge >= 0.3 is 0 Å². The molecule has 2 heteroatoms. The van der Waals surface area contributed by atoms with E-state index in [-0.39, 0.29) is 5.92 Å². The predicted molar refractivity (Wildman–Crippen MR) is 323 cm³/mol. The summed E-state index contributed by atoms with van der Waals surface area (Å²) in [6.07, 6.45) is 25.4. The van der Waals surface area contributed by atoms with Crippen molar-refractivity contribution in [1.29, 1.82) is 0 Å². The van der Waals surface area contributed by atoms with Gasteiger partial charge in [-0.1, -0.05) is 218 Å². The fourth-order valence-corrected chi connectivity index (χ4v) is 12.9. The van der Waals surface area contributed by atoms with Crippen molar-refractivity contribution in [2.24, 2.45) is 10.9 Å². The molecule has 0 saturated carbocycles. The van der Waals surface area contributed by atoms with Crippen LogP contribution in [0.4, 0.5) is 0 Å². The van der Waals surface area contributed by atoms with Gasteiger partial charge in [0.25, 0.3) is 0 Å². The lowest BCUT2D eigenvalue weighted by molar-refractivity contribution is 0.600. The van der Waals surface area contributed by atoms with Crippen LogP contribution < -0.4 is 10.4 Å². The van der Waals surface area contributed by atoms with E-state index in [1.807, 2.05) is 6.20 Å². The van der Waals surface area contributed by atoms with Crippen molar-refractivity contribution in [3.05, 3.63) is 270 Å². The van der Waals surface area contributed by atoms with Gasteiger partial charge in [0, 0.05) is 11.6 Å². The van der Waals surface area contributed by atoms with Gasteiger partial charge in [-0.25, -0.2) is 4.99 Å².